The third kappa shape index (κ3) is 3.31. The molecule has 51 heavy (non-hydrogen) atoms. The van der Waals surface area contributed by atoms with Crippen LogP contribution in [0.1, 0.15) is 66.3 Å². The first-order valence-electron chi connectivity index (χ1n) is 19.9. The Labute approximate surface area is 301 Å². The third-order valence-corrected chi connectivity index (χ3v) is 16.0. The molecular weight excluding hydrogens is 613 g/mol. The van der Waals surface area contributed by atoms with Crippen molar-refractivity contribution >= 4 is 0 Å². The normalized spacial score (nSPS) is 31.5. The molecule has 8 bridgehead atoms. The van der Waals surface area contributed by atoms with E-state index in [1.165, 1.54) is 86.0 Å². The summed E-state index contributed by atoms with van der Waals surface area (Å²) in [4.78, 5) is 0. The lowest BCUT2D eigenvalue weighted by molar-refractivity contribution is -0.220. The molecule has 6 aromatic carbocycles. The van der Waals surface area contributed by atoms with Crippen LogP contribution in [0.4, 0.5) is 0 Å². The molecule has 0 heterocycles. The van der Waals surface area contributed by atoms with Crippen LogP contribution in [0.5, 0.6) is 0 Å². The molecule has 0 aliphatic heterocycles. The van der Waals surface area contributed by atoms with Crippen LogP contribution >= 0.6 is 0 Å². The fourth-order valence-electron chi connectivity index (χ4n) is 14.6. The summed E-state index contributed by atoms with van der Waals surface area (Å²) < 4.78 is 0. The third-order valence-electron chi connectivity index (χ3n) is 16.0. The van der Waals surface area contributed by atoms with E-state index in [0.717, 1.165) is 41.4 Å². The van der Waals surface area contributed by atoms with Gasteiger partial charge in [0, 0.05) is 5.41 Å². The second-order valence-electron chi connectivity index (χ2n) is 17.7. The largest absolute Gasteiger partial charge is 0.0725 e. The Morgan fingerprint density at radius 3 is 1.39 bits per heavy atom. The predicted octanol–water partition coefficient (Wildman–Crippen LogP) is 12.3. The molecule has 6 aromatic rings. The van der Waals surface area contributed by atoms with E-state index in [4.69, 9.17) is 0 Å². The zero-order valence-electron chi connectivity index (χ0n) is 29.1. The molecule has 0 heteroatoms. The van der Waals surface area contributed by atoms with Crippen molar-refractivity contribution in [1.29, 1.82) is 0 Å². The monoisotopic (exact) mass is 654 g/mol. The van der Waals surface area contributed by atoms with E-state index < -0.39 is 0 Å². The summed E-state index contributed by atoms with van der Waals surface area (Å²) in [5, 5.41) is 0. The quantitative estimate of drug-likeness (QED) is 0.178. The minimum atomic E-state index is -0.299. The molecule has 9 aliphatic carbocycles. The first-order valence-corrected chi connectivity index (χ1v) is 19.9. The summed E-state index contributed by atoms with van der Waals surface area (Å²) in [6.07, 6.45) is 9.20. The molecule has 0 nitrogen and oxygen atoms in total. The van der Waals surface area contributed by atoms with Crippen molar-refractivity contribution in [3.63, 3.8) is 0 Å². The standard InChI is InChI=1S/C51H42/c1-4-10-44-37(7-1)38-8-2-5-11-45(38)51(44)46-12-6-3-9-39(46)40-22-19-35(28-49(40)51)34-15-13-32(14-16-34)33-17-20-36(21-18-33)50-29-31-24-42-41-23-30(26-47(42)50)27-48(50)43(41)25-31/h1-22,28,30-31,41-43,47-48H,23-27,29H2. The van der Waals surface area contributed by atoms with Gasteiger partial charge in [-0.2, -0.15) is 0 Å². The van der Waals surface area contributed by atoms with Crippen molar-refractivity contribution < 1.29 is 0 Å². The van der Waals surface area contributed by atoms with Crippen molar-refractivity contribution in [3.8, 4) is 44.5 Å². The lowest BCUT2D eigenvalue weighted by Gasteiger charge is -2.74. The van der Waals surface area contributed by atoms with E-state index in [9.17, 15) is 0 Å². The van der Waals surface area contributed by atoms with E-state index in [1.807, 2.05) is 0 Å². The Morgan fingerprint density at radius 2 is 0.824 bits per heavy atom. The fourth-order valence-corrected chi connectivity index (χ4v) is 14.6. The van der Waals surface area contributed by atoms with Gasteiger partial charge in [0.1, 0.15) is 0 Å². The molecule has 246 valence electrons. The van der Waals surface area contributed by atoms with Crippen molar-refractivity contribution in [2.24, 2.45) is 41.4 Å². The zero-order chi connectivity index (χ0) is 33.1. The summed E-state index contributed by atoms with van der Waals surface area (Å²) in [6, 6.07) is 54.0. The summed E-state index contributed by atoms with van der Waals surface area (Å²) in [7, 11) is 0. The molecule has 7 saturated carbocycles. The van der Waals surface area contributed by atoms with Crippen LogP contribution in [0, 0.1) is 41.4 Å². The molecule has 4 atom stereocenters. The average molecular weight is 655 g/mol. The molecule has 0 N–H and O–H groups in total. The van der Waals surface area contributed by atoms with Gasteiger partial charge in [-0.15, -0.1) is 0 Å². The number of rotatable bonds is 3. The number of hydrogen-bond acceptors (Lipinski definition) is 0. The number of fused-ring (bicyclic) bond motifs is 10. The minimum Gasteiger partial charge on any atom is -0.0619 e. The van der Waals surface area contributed by atoms with Crippen molar-refractivity contribution in [2.75, 3.05) is 0 Å². The highest BCUT2D eigenvalue weighted by molar-refractivity contribution is 5.95. The molecule has 0 amide bonds. The van der Waals surface area contributed by atoms with Gasteiger partial charge in [-0.25, -0.2) is 0 Å². The highest BCUT2D eigenvalue weighted by atomic mass is 14.7. The van der Waals surface area contributed by atoms with Crippen molar-refractivity contribution in [1.82, 2.24) is 0 Å². The smallest absolute Gasteiger partial charge is 0.0619 e. The molecular formula is C51H42. The Morgan fingerprint density at radius 1 is 0.373 bits per heavy atom. The molecule has 0 saturated heterocycles. The van der Waals surface area contributed by atoms with E-state index in [2.05, 4.69) is 140 Å². The van der Waals surface area contributed by atoms with Crippen LogP contribution in [0.2, 0.25) is 0 Å². The first-order chi connectivity index (χ1) is 25.2. The first kappa shape index (κ1) is 28.0. The van der Waals surface area contributed by atoms with E-state index in [0.29, 0.717) is 5.41 Å². The zero-order valence-corrected chi connectivity index (χ0v) is 29.1. The maximum Gasteiger partial charge on any atom is 0.0725 e. The van der Waals surface area contributed by atoms with Gasteiger partial charge in [-0.3, -0.25) is 0 Å². The lowest BCUT2D eigenvalue weighted by atomic mass is 9.30. The maximum atomic E-state index is 2.57. The molecule has 1 spiro atoms. The topological polar surface area (TPSA) is 0 Å². The SMILES string of the molecule is c1ccc2c(c1)-c1ccccc1C21c2ccccc2-c2ccc(-c3ccc(-c4ccc(C56CC7CC8C9CC(CC85)CC6C9C7)cc4)cc3)cc21. The van der Waals surface area contributed by atoms with Crippen LogP contribution in [0.15, 0.2) is 140 Å². The molecule has 0 radical (unpaired) electrons. The van der Waals surface area contributed by atoms with Crippen LogP contribution in [-0.4, -0.2) is 0 Å². The maximum absolute atomic E-state index is 2.57. The van der Waals surface area contributed by atoms with Gasteiger partial charge in [0.15, 0.2) is 0 Å². The summed E-state index contributed by atoms with van der Waals surface area (Å²) in [5.41, 5.74) is 18.2. The molecule has 7 fully saturated rings. The average Bonchev–Trinajstić information content (AvgIpc) is 3.67. The molecule has 15 rings (SSSR count). The highest BCUT2D eigenvalue weighted by Gasteiger charge is 2.70. The van der Waals surface area contributed by atoms with Gasteiger partial charge in [-0.1, -0.05) is 133 Å². The van der Waals surface area contributed by atoms with Crippen molar-refractivity contribution in [2.45, 2.75) is 49.4 Å². The Kier molecular flexibility index (Phi) is 5.26. The summed E-state index contributed by atoms with van der Waals surface area (Å²) >= 11 is 0. The van der Waals surface area contributed by atoms with Crippen LogP contribution in [0.25, 0.3) is 44.5 Å². The second kappa shape index (κ2) is 9.60. The van der Waals surface area contributed by atoms with Crippen LogP contribution in [0.3, 0.4) is 0 Å². The van der Waals surface area contributed by atoms with Gasteiger partial charge in [0.25, 0.3) is 0 Å². The van der Waals surface area contributed by atoms with Crippen molar-refractivity contribution in [3.05, 3.63) is 167 Å². The summed E-state index contributed by atoms with van der Waals surface area (Å²) in [5.74, 6) is 7.09. The second-order valence-corrected chi connectivity index (χ2v) is 17.7. The number of hydrogen-bond donors (Lipinski definition) is 0. The van der Waals surface area contributed by atoms with Crippen LogP contribution < -0.4 is 0 Å². The Balaban J connectivity index is 0.872. The van der Waals surface area contributed by atoms with E-state index in [1.54, 1.807) is 24.8 Å². The van der Waals surface area contributed by atoms with E-state index in [-0.39, 0.29) is 5.41 Å². The number of benzene rings is 6. The predicted molar refractivity (Wildman–Crippen MR) is 207 cm³/mol. The molecule has 9 aliphatic rings. The van der Waals surface area contributed by atoms with Crippen LogP contribution in [-0.2, 0) is 10.8 Å². The van der Waals surface area contributed by atoms with Gasteiger partial charge in [0.05, 0.1) is 5.41 Å². The Bertz CT molecular complexity index is 2340. The summed E-state index contributed by atoms with van der Waals surface area (Å²) in [6.45, 7) is 0. The highest BCUT2D eigenvalue weighted by Crippen LogP contribution is 2.76. The molecule has 4 unspecified atom stereocenters. The van der Waals surface area contributed by atoms with Gasteiger partial charge < -0.3 is 0 Å². The van der Waals surface area contributed by atoms with Gasteiger partial charge in [0.2, 0.25) is 0 Å². The van der Waals surface area contributed by atoms with Gasteiger partial charge in [-0.05, 0) is 158 Å². The Hall–Kier alpha value is -4.68. The molecule has 0 aromatic heterocycles. The minimum absolute atomic E-state index is 0.299. The van der Waals surface area contributed by atoms with Gasteiger partial charge >= 0.3 is 0 Å². The van der Waals surface area contributed by atoms with E-state index >= 15 is 0 Å². The lowest BCUT2D eigenvalue weighted by Crippen LogP contribution is -2.69. The fraction of sp³-hybridized carbons (Fsp3) is 0.294.